The highest BCUT2D eigenvalue weighted by molar-refractivity contribution is 6.43. The molecule has 10 heteroatoms. The van der Waals surface area contributed by atoms with Gasteiger partial charge in [0.1, 0.15) is 0 Å². The number of nitrogens with one attached hydrogen (secondary N) is 2. The van der Waals surface area contributed by atoms with Crippen molar-refractivity contribution in [2.45, 2.75) is 32.6 Å². The first-order chi connectivity index (χ1) is 14.6. The van der Waals surface area contributed by atoms with Gasteiger partial charge in [-0.15, -0.1) is 0 Å². The quantitative estimate of drug-likeness (QED) is 0.199. The van der Waals surface area contributed by atoms with Gasteiger partial charge in [-0.3, -0.25) is 9.59 Å². The second-order valence-corrected chi connectivity index (χ2v) is 7.63. The number of carbonyl (C=O) groups is 2. The van der Waals surface area contributed by atoms with Crippen LogP contribution in [0.15, 0.2) is 53.5 Å². The van der Waals surface area contributed by atoms with Crippen LogP contribution in [0.25, 0.3) is 0 Å². The van der Waals surface area contributed by atoms with Gasteiger partial charge in [-0.05, 0) is 54.3 Å². The summed E-state index contributed by atoms with van der Waals surface area (Å²) in [4.78, 5) is 28.5. The van der Waals surface area contributed by atoms with E-state index in [-0.39, 0.29) is 30.1 Å². The molecule has 8 N–H and O–H groups in total. The average molecular weight is 425 g/mol. The molecule has 9 nitrogen and oxygen atoms in total. The van der Waals surface area contributed by atoms with Gasteiger partial charge in [0, 0.05) is 11.3 Å². The number of hydrogen-bond acceptors (Lipinski definition) is 5. The maximum atomic E-state index is 12.4. The van der Waals surface area contributed by atoms with Crippen molar-refractivity contribution < 1.29 is 19.6 Å². The maximum Gasteiger partial charge on any atom is 0.475 e. The lowest BCUT2D eigenvalue weighted by molar-refractivity contribution is -0.120. The third kappa shape index (κ3) is 8.11. The van der Waals surface area contributed by atoms with Gasteiger partial charge in [0.15, 0.2) is 5.96 Å². The normalized spacial score (nSPS) is 11.5. The molecule has 0 aromatic heterocycles. The number of nitrogens with zero attached hydrogens (tertiary/aromatic N) is 1. The molecule has 0 spiro atoms. The van der Waals surface area contributed by atoms with Gasteiger partial charge in [-0.25, -0.2) is 4.99 Å². The molecule has 0 fully saturated rings. The summed E-state index contributed by atoms with van der Waals surface area (Å²) in [7, 11) is -1.61. The summed E-state index contributed by atoms with van der Waals surface area (Å²) < 4.78 is 0. The van der Waals surface area contributed by atoms with Crippen molar-refractivity contribution in [1.82, 2.24) is 5.32 Å². The van der Waals surface area contributed by atoms with E-state index in [0.717, 1.165) is 5.56 Å². The van der Waals surface area contributed by atoms with Crippen LogP contribution in [0.3, 0.4) is 0 Å². The second-order valence-electron chi connectivity index (χ2n) is 7.63. The van der Waals surface area contributed by atoms with Crippen LogP contribution >= 0.6 is 0 Å². The highest BCUT2D eigenvalue weighted by Gasteiger charge is 2.25. The smallest absolute Gasteiger partial charge is 0.426 e. The van der Waals surface area contributed by atoms with Crippen molar-refractivity contribution in [3.63, 3.8) is 0 Å². The van der Waals surface area contributed by atoms with Crippen molar-refractivity contribution >= 4 is 36.3 Å². The van der Waals surface area contributed by atoms with Crippen LogP contribution in [0, 0.1) is 5.92 Å². The molecular weight excluding hydrogens is 397 g/mol. The van der Waals surface area contributed by atoms with Crippen LogP contribution in [0.1, 0.15) is 36.2 Å². The molecular formula is C21H28BN5O4. The molecule has 1 atom stereocenters. The average Bonchev–Trinajstić information content (AvgIpc) is 2.68. The molecule has 0 heterocycles. The summed E-state index contributed by atoms with van der Waals surface area (Å²) in [6, 6.07) is 13.3. The minimum absolute atomic E-state index is 0.0612. The van der Waals surface area contributed by atoms with Crippen molar-refractivity contribution in [2.24, 2.45) is 22.4 Å². The summed E-state index contributed by atoms with van der Waals surface area (Å²) in [5.41, 5.74) is 12.9. The summed E-state index contributed by atoms with van der Waals surface area (Å²) >= 11 is 0. The molecule has 0 radical (unpaired) electrons. The third-order valence-electron chi connectivity index (χ3n) is 4.40. The molecule has 31 heavy (non-hydrogen) atoms. The van der Waals surface area contributed by atoms with Gasteiger partial charge in [0.2, 0.25) is 5.91 Å². The van der Waals surface area contributed by atoms with E-state index in [0.29, 0.717) is 23.4 Å². The lowest BCUT2D eigenvalue weighted by atomic mass is 9.75. The predicted octanol–water partition coefficient (Wildman–Crippen LogP) is 0.929. The molecule has 0 bridgehead atoms. The number of amides is 2. The van der Waals surface area contributed by atoms with Gasteiger partial charge >= 0.3 is 7.12 Å². The Bertz CT molecular complexity index is 910. The Labute approximate surface area is 181 Å². The van der Waals surface area contributed by atoms with E-state index in [1.165, 1.54) is 0 Å². The molecule has 2 aromatic carbocycles. The summed E-state index contributed by atoms with van der Waals surface area (Å²) in [6.45, 7) is 3.87. The SMILES string of the molecule is CC(C)CC(NC(=O)Cc1ccc(NC(=O)c2ccc(N=C(N)N)cc2)cc1)B(O)O. The van der Waals surface area contributed by atoms with Gasteiger partial charge in [-0.1, -0.05) is 26.0 Å². The minimum Gasteiger partial charge on any atom is -0.426 e. The Morgan fingerprint density at radius 2 is 1.65 bits per heavy atom. The number of benzene rings is 2. The number of aliphatic imine (C=N–C) groups is 1. The standard InChI is InChI=1S/C21H28BN5O4/c1-13(2)11-18(22(30)31)27-19(28)12-14-3-7-16(8-4-14)25-20(29)15-5-9-17(10-6-15)26-21(23)24/h3-10,13,18,30-31H,11-12H2,1-2H3,(H,25,29)(H,27,28)(H4,23,24,26). The zero-order chi connectivity index (χ0) is 23.0. The van der Waals surface area contributed by atoms with Crippen LogP contribution in [0.4, 0.5) is 11.4 Å². The Morgan fingerprint density at radius 1 is 1.03 bits per heavy atom. The van der Waals surface area contributed by atoms with E-state index < -0.39 is 13.1 Å². The van der Waals surface area contributed by atoms with Crippen LogP contribution in [-0.2, 0) is 11.2 Å². The van der Waals surface area contributed by atoms with Crippen molar-refractivity contribution in [2.75, 3.05) is 5.32 Å². The molecule has 0 aliphatic rings. The maximum absolute atomic E-state index is 12.4. The van der Waals surface area contributed by atoms with E-state index in [9.17, 15) is 19.6 Å². The number of anilines is 1. The Balaban J connectivity index is 1.93. The molecule has 2 amide bonds. The molecule has 0 saturated heterocycles. The lowest BCUT2D eigenvalue weighted by Crippen LogP contribution is -2.47. The molecule has 0 saturated carbocycles. The fourth-order valence-electron chi connectivity index (χ4n) is 2.95. The summed E-state index contributed by atoms with van der Waals surface area (Å²) in [5.74, 6) is -1.18. The molecule has 0 aliphatic carbocycles. The van der Waals surface area contributed by atoms with E-state index in [2.05, 4.69) is 15.6 Å². The van der Waals surface area contributed by atoms with Gasteiger partial charge in [0.25, 0.3) is 5.91 Å². The van der Waals surface area contributed by atoms with Crippen LogP contribution in [0.2, 0.25) is 0 Å². The first-order valence-electron chi connectivity index (χ1n) is 9.89. The zero-order valence-corrected chi connectivity index (χ0v) is 17.6. The summed E-state index contributed by atoms with van der Waals surface area (Å²) in [6.07, 6.45) is 0.545. The molecule has 2 rings (SSSR count). The highest BCUT2D eigenvalue weighted by atomic mass is 16.4. The number of carbonyl (C=O) groups excluding carboxylic acids is 2. The molecule has 1 unspecified atom stereocenters. The number of rotatable bonds is 9. The van der Waals surface area contributed by atoms with Crippen LogP contribution < -0.4 is 22.1 Å². The van der Waals surface area contributed by atoms with Crippen molar-refractivity contribution in [3.8, 4) is 0 Å². The van der Waals surface area contributed by atoms with Gasteiger partial charge in [-0.2, -0.15) is 0 Å². The van der Waals surface area contributed by atoms with E-state index in [1.807, 2.05) is 13.8 Å². The van der Waals surface area contributed by atoms with E-state index >= 15 is 0 Å². The Morgan fingerprint density at radius 3 is 2.16 bits per heavy atom. The van der Waals surface area contributed by atoms with Gasteiger partial charge < -0.3 is 32.1 Å². The minimum atomic E-state index is -1.61. The topological polar surface area (TPSA) is 163 Å². The largest absolute Gasteiger partial charge is 0.475 e. The van der Waals surface area contributed by atoms with Crippen LogP contribution in [-0.4, -0.2) is 40.9 Å². The van der Waals surface area contributed by atoms with Gasteiger partial charge in [0.05, 0.1) is 18.0 Å². The lowest BCUT2D eigenvalue weighted by Gasteiger charge is -2.19. The monoisotopic (exact) mass is 425 g/mol. The van der Waals surface area contributed by atoms with E-state index in [4.69, 9.17) is 11.5 Å². The second kappa shape index (κ2) is 11.1. The van der Waals surface area contributed by atoms with E-state index in [1.54, 1.807) is 48.5 Å². The fourth-order valence-corrected chi connectivity index (χ4v) is 2.95. The third-order valence-corrected chi connectivity index (χ3v) is 4.40. The van der Waals surface area contributed by atoms with Crippen LogP contribution in [0.5, 0.6) is 0 Å². The first-order valence-corrected chi connectivity index (χ1v) is 9.89. The number of guanidine groups is 1. The predicted molar refractivity (Wildman–Crippen MR) is 122 cm³/mol. The summed E-state index contributed by atoms with van der Waals surface area (Å²) in [5, 5.41) is 24.3. The van der Waals surface area contributed by atoms with Crippen molar-refractivity contribution in [3.05, 3.63) is 59.7 Å². The first kappa shape index (κ1) is 23.9. The molecule has 2 aromatic rings. The highest BCUT2D eigenvalue weighted by Crippen LogP contribution is 2.16. The Hall–Kier alpha value is -3.37. The molecule has 0 aliphatic heterocycles. The number of nitrogens with two attached hydrogens (primary N) is 2. The fraction of sp³-hybridized carbons (Fsp3) is 0.286. The number of hydrogen-bond donors (Lipinski definition) is 6. The van der Waals surface area contributed by atoms with Crippen molar-refractivity contribution in [1.29, 1.82) is 0 Å². The Kier molecular flexibility index (Phi) is 8.59. The zero-order valence-electron chi connectivity index (χ0n) is 17.6. The molecule has 164 valence electrons.